The van der Waals surface area contributed by atoms with Crippen LogP contribution in [0.2, 0.25) is 0 Å². The number of aromatic nitrogens is 1. The molecule has 1 aliphatic rings. The lowest BCUT2D eigenvalue weighted by Gasteiger charge is -2.34. The van der Waals surface area contributed by atoms with Crippen LogP contribution in [0.25, 0.3) is 0 Å². The van der Waals surface area contributed by atoms with E-state index in [1.54, 1.807) is 30.1 Å². The fourth-order valence-electron chi connectivity index (χ4n) is 2.83. The highest BCUT2D eigenvalue weighted by Gasteiger charge is 2.22. The van der Waals surface area contributed by atoms with Crippen molar-refractivity contribution in [1.29, 1.82) is 0 Å². The number of nitrogens with zero attached hydrogens (tertiary/aromatic N) is 3. The van der Waals surface area contributed by atoms with Gasteiger partial charge in [0.2, 0.25) is 5.91 Å². The normalized spacial score (nSPS) is 15.5. The Morgan fingerprint density at radius 3 is 2.85 bits per heavy atom. The highest BCUT2D eigenvalue weighted by molar-refractivity contribution is 14.0. The zero-order valence-electron chi connectivity index (χ0n) is 15.6. The third-order valence-electron chi connectivity index (χ3n) is 4.20. The number of guanidine groups is 1. The number of rotatable bonds is 8. The predicted molar refractivity (Wildman–Crippen MR) is 122 cm³/mol. The van der Waals surface area contributed by atoms with Gasteiger partial charge in [-0.05, 0) is 32.1 Å². The van der Waals surface area contributed by atoms with E-state index in [2.05, 4.69) is 27.4 Å². The van der Waals surface area contributed by atoms with Crippen LogP contribution in [0.1, 0.15) is 32.6 Å². The van der Waals surface area contributed by atoms with Gasteiger partial charge in [-0.25, -0.2) is 4.98 Å². The maximum atomic E-state index is 11.5. The molecule has 0 radical (unpaired) electrons. The molecule has 1 saturated heterocycles. The Hall–Kier alpha value is -0.550. The molecule has 6 nitrogen and oxygen atoms in total. The molecule has 0 spiro atoms. The van der Waals surface area contributed by atoms with E-state index in [1.165, 1.54) is 0 Å². The minimum Gasteiger partial charge on any atom is -0.359 e. The van der Waals surface area contributed by atoms with E-state index in [9.17, 15) is 4.79 Å². The number of carbonyl (C=O) groups excluding carboxylic acids is 1. The molecule has 1 aromatic rings. The quantitative estimate of drug-likeness (QED) is 0.185. The summed E-state index contributed by atoms with van der Waals surface area (Å²) in [4.78, 5) is 22.9. The second-order valence-corrected chi connectivity index (χ2v) is 8.28. The Kier molecular flexibility index (Phi) is 12.3. The monoisotopic (exact) mass is 511 g/mol. The first kappa shape index (κ1) is 23.5. The van der Waals surface area contributed by atoms with Gasteiger partial charge in [-0.2, -0.15) is 0 Å². The van der Waals surface area contributed by atoms with Gasteiger partial charge in [0.25, 0.3) is 0 Å². The maximum Gasteiger partial charge on any atom is 0.220 e. The van der Waals surface area contributed by atoms with Crippen molar-refractivity contribution in [3.8, 4) is 0 Å². The Balaban J connectivity index is 0.00000338. The summed E-state index contributed by atoms with van der Waals surface area (Å²) < 4.78 is 1.13. The SMILES string of the molecule is CCNC(=NCCCSc1nccs1)N1CCC(CC(=O)NC)CC1.I. The zero-order chi connectivity index (χ0) is 17.9. The smallest absolute Gasteiger partial charge is 0.220 e. The number of halogens is 1. The second-order valence-electron chi connectivity index (χ2n) is 6.04. The van der Waals surface area contributed by atoms with Crippen molar-refractivity contribution >= 4 is 58.9 Å². The molecule has 0 saturated carbocycles. The molecule has 0 aromatic carbocycles. The number of nitrogens with one attached hydrogen (secondary N) is 2. The lowest BCUT2D eigenvalue weighted by molar-refractivity contribution is -0.121. The van der Waals surface area contributed by atoms with Gasteiger partial charge in [-0.15, -0.1) is 35.3 Å². The van der Waals surface area contributed by atoms with Crippen LogP contribution in [0.15, 0.2) is 20.9 Å². The average molecular weight is 511 g/mol. The molecule has 2 heterocycles. The van der Waals surface area contributed by atoms with Gasteiger partial charge in [-0.3, -0.25) is 9.79 Å². The third kappa shape index (κ3) is 8.43. The van der Waals surface area contributed by atoms with E-state index in [4.69, 9.17) is 4.99 Å². The highest BCUT2D eigenvalue weighted by Crippen LogP contribution is 2.21. The minimum absolute atomic E-state index is 0. The largest absolute Gasteiger partial charge is 0.359 e. The van der Waals surface area contributed by atoms with Gasteiger partial charge in [0.05, 0.1) is 0 Å². The van der Waals surface area contributed by atoms with Crippen molar-refractivity contribution in [3.63, 3.8) is 0 Å². The van der Waals surface area contributed by atoms with Gasteiger partial charge in [0, 0.05) is 57.0 Å². The van der Waals surface area contributed by atoms with Gasteiger partial charge < -0.3 is 15.5 Å². The summed E-state index contributed by atoms with van der Waals surface area (Å²) >= 11 is 3.49. The molecule has 1 aromatic heterocycles. The molecule has 1 fully saturated rings. The van der Waals surface area contributed by atoms with Crippen LogP contribution >= 0.6 is 47.1 Å². The van der Waals surface area contributed by atoms with Crippen molar-refractivity contribution in [2.45, 2.75) is 36.9 Å². The molecule has 26 heavy (non-hydrogen) atoms. The van der Waals surface area contributed by atoms with Gasteiger partial charge >= 0.3 is 0 Å². The van der Waals surface area contributed by atoms with Crippen molar-refractivity contribution in [1.82, 2.24) is 20.5 Å². The lowest BCUT2D eigenvalue weighted by atomic mass is 9.93. The van der Waals surface area contributed by atoms with Crippen LogP contribution in [0.5, 0.6) is 0 Å². The van der Waals surface area contributed by atoms with Crippen molar-refractivity contribution in [2.24, 2.45) is 10.9 Å². The third-order valence-corrected chi connectivity index (χ3v) is 6.25. The van der Waals surface area contributed by atoms with Crippen molar-refractivity contribution in [2.75, 3.05) is 39.0 Å². The van der Waals surface area contributed by atoms with Gasteiger partial charge in [-0.1, -0.05) is 11.8 Å². The molecule has 0 bridgehead atoms. The molecular formula is C17H30IN5OS2. The summed E-state index contributed by atoms with van der Waals surface area (Å²) in [5, 5.41) is 8.14. The molecule has 0 unspecified atom stereocenters. The predicted octanol–water partition coefficient (Wildman–Crippen LogP) is 3.06. The maximum absolute atomic E-state index is 11.5. The molecule has 148 valence electrons. The van der Waals surface area contributed by atoms with E-state index in [1.807, 2.05) is 11.6 Å². The van der Waals surface area contributed by atoms with Crippen LogP contribution in [0.3, 0.4) is 0 Å². The first-order valence-electron chi connectivity index (χ1n) is 8.99. The van der Waals surface area contributed by atoms with E-state index in [-0.39, 0.29) is 29.9 Å². The van der Waals surface area contributed by atoms with E-state index < -0.39 is 0 Å². The highest BCUT2D eigenvalue weighted by atomic mass is 127. The summed E-state index contributed by atoms with van der Waals surface area (Å²) in [6.45, 7) is 5.76. The van der Waals surface area contributed by atoms with E-state index >= 15 is 0 Å². The number of aliphatic imine (C=N–C) groups is 1. The summed E-state index contributed by atoms with van der Waals surface area (Å²) in [7, 11) is 1.71. The van der Waals surface area contributed by atoms with Gasteiger partial charge in [0.1, 0.15) is 4.34 Å². The fourth-order valence-corrected chi connectivity index (χ4v) is 4.46. The molecule has 0 aliphatic carbocycles. The number of hydrogen-bond donors (Lipinski definition) is 2. The first-order chi connectivity index (χ1) is 12.2. The Bertz CT molecular complexity index is 533. The molecule has 9 heteroatoms. The number of carbonyl (C=O) groups is 1. The summed E-state index contributed by atoms with van der Waals surface area (Å²) in [5.41, 5.74) is 0. The van der Waals surface area contributed by atoms with Crippen molar-refractivity contribution < 1.29 is 4.79 Å². The lowest BCUT2D eigenvalue weighted by Crippen LogP contribution is -2.46. The number of hydrogen-bond acceptors (Lipinski definition) is 5. The van der Waals surface area contributed by atoms with Crippen LogP contribution in [0, 0.1) is 5.92 Å². The van der Waals surface area contributed by atoms with Crippen LogP contribution in [-0.2, 0) is 4.79 Å². The average Bonchev–Trinajstić information content (AvgIpc) is 3.14. The number of piperidine rings is 1. The first-order valence-corrected chi connectivity index (χ1v) is 10.9. The summed E-state index contributed by atoms with van der Waals surface area (Å²) in [6.07, 6.45) is 5.65. The van der Waals surface area contributed by atoms with Gasteiger partial charge in [0.15, 0.2) is 5.96 Å². The molecule has 2 N–H and O–H groups in total. The van der Waals surface area contributed by atoms with E-state index in [0.29, 0.717) is 12.3 Å². The van der Waals surface area contributed by atoms with Crippen molar-refractivity contribution in [3.05, 3.63) is 11.6 Å². The number of likely N-dealkylation sites (tertiary alicyclic amines) is 1. The van der Waals surface area contributed by atoms with Crippen LogP contribution < -0.4 is 10.6 Å². The number of thioether (sulfide) groups is 1. The minimum atomic E-state index is 0. The van der Waals surface area contributed by atoms with Crippen LogP contribution in [-0.4, -0.2) is 60.7 Å². The molecule has 1 amide bonds. The fraction of sp³-hybridized carbons (Fsp3) is 0.706. The topological polar surface area (TPSA) is 69.6 Å². The van der Waals surface area contributed by atoms with E-state index in [0.717, 1.165) is 61.5 Å². The molecular weight excluding hydrogens is 481 g/mol. The molecule has 0 atom stereocenters. The standard InChI is InChI=1S/C17H29N5OS2.HI/c1-3-19-16(20-7-4-11-24-17-21-8-12-25-17)22-9-5-14(6-10-22)13-15(23)18-2;/h8,12,14H,3-7,9-11,13H2,1-2H3,(H,18,23)(H,19,20);1H. The summed E-state index contributed by atoms with van der Waals surface area (Å²) in [6, 6.07) is 0. The zero-order valence-corrected chi connectivity index (χ0v) is 19.5. The molecule has 2 rings (SSSR count). The molecule has 1 aliphatic heterocycles. The Morgan fingerprint density at radius 2 is 2.23 bits per heavy atom. The Morgan fingerprint density at radius 1 is 1.46 bits per heavy atom. The Labute approximate surface area is 182 Å². The number of amides is 1. The number of thiazole rings is 1. The van der Waals surface area contributed by atoms with Crippen LogP contribution in [0.4, 0.5) is 0 Å². The second kappa shape index (κ2) is 13.6. The summed E-state index contributed by atoms with van der Waals surface area (Å²) in [5.74, 6) is 2.70.